The van der Waals surface area contributed by atoms with Gasteiger partial charge >= 0.3 is 0 Å². The number of rotatable bonds is 5. The van der Waals surface area contributed by atoms with Gasteiger partial charge in [-0.1, -0.05) is 85.6 Å². The van der Waals surface area contributed by atoms with E-state index in [1.807, 2.05) is 0 Å². The molecule has 0 bridgehead atoms. The van der Waals surface area contributed by atoms with E-state index in [0.29, 0.717) is 17.9 Å². The smallest absolute Gasteiger partial charge is 0.0620 e. The minimum atomic E-state index is 0.494. The van der Waals surface area contributed by atoms with Crippen LogP contribution in [-0.2, 0) is 6.42 Å². The van der Waals surface area contributed by atoms with E-state index >= 15 is 0 Å². The third-order valence-electron chi connectivity index (χ3n) is 6.73. The molecule has 1 heterocycles. The van der Waals surface area contributed by atoms with Crippen LogP contribution in [0.15, 0.2) is 72.8 Å². The van der Waals surface area contributed by atoms with E-state index in [4.69, 9.17) is 0 Å². The Bertz CT molecular complexity index is 975. The summed E-state index contributed by atoms with van der Waals surface area (Å²) in [5, 5.41) is 0. The highest BCUT2D eigenvalue weighted by atomic mass is 15.2. The zero-order valence-electron chi connectivity index (χ0n) is 16.9. The number of hydrogen-bond acceptors (Lipinski definition) is 1. The summed E-state index contributed by atoms with van der Waals surface area (Å²) >= 11 is 0. The maximum absolute atomic E-state index is 2.72. The van der Waals surface area contributed by atoms with Gasteiger partial charge in [-0.25, -0.2) is 0 Å². The molecule has 0 saturated carbocycles. The van der Waals surface area contributed by atoms with E-state index in [2.05, 4.69) is 91.5 Å². The van der Waals surface area contributed by atoms with Crippen molar-refractivity contribution < 1.29 is 0 Å². The van der Waals surface area contributed by atoms with E-state index in [-0.39, 0.29) is 0 Å². The Hall–Kier alpha value is -2.54. The van der Waals surface area contributed by atoms with Crippen LogP contribution in [0.2, 0.25) is 0 Å². The normalized spacial score (nSPS) is 22.1. The molecule has 0 aromatic heterocycles. The first kappa shape index (κ1) is 17.6. The lowest BCUT2D eigenvalue weighted by molar-refractivity contribution is 0.504. The number of hydrogen-bond donors (Lipinski definition) is 0. The van der Waals surface area contributed by atoms with Crippen molar-refractivity contribution in [2.24, 2.45) is 0 Å². The average Bonchev–Trinajstić information content (AvgIpc) is 3.21. The monoisotopic (exact) mass is 367 g/mol. The lowest BCUT2D eigenvalue weighted by Crippen LogP contribution is -2.26. The first-order chi connectivity index (χ1) is 13.8. The molecule has 3 atom stereocenters. The molecule has 3 aromatic rings. The second-order valence-electron chi connectivity index (χ2n) is 8.50. The molecule has 1 nitrogen and oxygen atoms in total. The molecule has 0 amide bonds. The fraction of sp³-hybridized carbons (Fsp3) is 0.333. The van der Waals surface area contributed by atoms with E-state index in [1.54, 1.807) is 16.7 Å². The van der Waals surface area contributed by atoms with E-state index in [1.165, 1.54) is 29.7 Å². The van der Waals surface area contributed by atoms with Crippen LogP contribution in [0.25, 0.3) is 0 Å². The van der Waals surface area contributed by atoms with Crippen LogP contribution in [0.3, 0.4) is 0 Å². The summed E-state index contributed by atoms with van der Waals surface area (Å²) in [5.74, 6) is 1.11. The second-order valence-corrected chi connectivity index (χ2v) is 8.50. The Morgan fingerprint density at radius 2 is 1.57 bits per heavy atom. The number of fused-ring (bicyclic) bond motifs is 5. The van der Waals surface area contributed by atoms with Gasteiger partial charge in [-0.05, 0) is 54.0 Å². The largest absolute Gasteiger partial charge is 0.364 e. The molecule has 28 heavy (non-hydrogen) atoms. The van der Waals surface area contributed by atoms with Crippen LogP contribution in [0, 0.1) is 6.92 Å². The Kier molecular flexibility index (Phi) is 4.47. The molecule has 0 radical (unpaired) electrons. The Balaban J connectivity index is 1.63. The van der Waals surface area contributed by atoms with Crippen LogP contribution in [0.5, 0.6) is 0 Å². The molecule has 1 aliphatic carbocycles. The molecule has 5 rings (SSSR count). The summed E-state index contributed by atoms with van der Waals surface area (Å²) in [4.78, 5) is 2.72. The van der Waals surface area contributed by atoms with Gasteiger partial charge in [0.15, 0.2) is 0 Å². The molecule has 0 N–H and O–H groups in total. The van der Waals surface area contributed by atoms with Gasteiger partial charge in [0.25, 0.3) is 0 Å². The van der Waals surface area contributed by atoms with Crippen molar-refractivity contribution in [1.82, 2.24) is 0 Å². The zero-order valence-corrected chi connectivity index (χ0v) is 16.9. The summed E-state index contributed by atoms with van der Waals surface area (Å²) in [5.41, 5.74) is 8.99. The molecular formula is C27H29N. The van der Waals surface area contributed by atoms with Crippen molar-refractivity contribution in [2.45, 2.75) is 51.0 Å². The third kappa shape index (κ3) is 2.76. The van der Waals surface area contributed by atoms with Gasteiger partial charge in [0.1, 0.15) is 0 Å². The van der Waals surface area contributed by atoms with Crippen LogP contribution >= 0.6 is 0 Å². The summed E-state index contributed by atoms with van der Waals surface area (Å²) in [6.07, 6.45) is 3.61. The molecule has 142 valence electrons. The Labute approximate surface area is 169 Å². The fourth-order valence-electron chi connectivity index (χ4n) is 5.52. The Morgan fingerprint density at radius 1 is 0.821 bits per heavy atom. The second kappa shape index (κ2) is 7.13. The summed E-state index contributed by atoms with van der Waals surface area (Å²) in [6, 6.07) is 27.9. The van der Waals surface area contributed by atoms with Crippen molar-refractivity contribution in [1.29, 1.82) is 0 Å². The standard InChI is InChI=1S/C27H29N/c1-3-4-16-28-25-15-14-19(2)17-24(25)26-23(18-20-10-6-5-7-11-20)21-12-8-9-13-22(21)27(26)28/h5-15,17,23,26-27H,3-4,16,18H2,1-2H3. The number of unbranched alkanes of at least 4 members (excludes halogenated alkanes) is 1. The Morgan fingerprint density at radius 3 is 2.36 bits per heavy atom. The van der Waals surface area contributed by atoms with Gasteiger partial charge in [-0.3, -0.25) is 0 Å². The van der Waals surface area contributed by atoms with Crippen molar-refractivity contribution in [2.75, 3.05) is 11.4 Å². The van der Waals surface area contributed by atoms with Gasteiger partial charge in [0, 0.05) is 18.2 Å². The summed E-state index contributed by atoms with van der Waals surface area (Å²) in [7, 11) is 0. The number of nitrogens with zero attached hydrogens (tertiary/aromatic N) is 1. The van der Waals surface area contributed by atoms with Crippen LogP contribution in [0.4, 0.5) is 5.69 Å². The average molecular weight is 368 g/mol. The lowest BCUT2D eigenvalue weighted by Gasteiger charge is -2.28. The molecule has 1 aliphatic heterocycles. The van der Waals surface area contributed by atoms with Gasteiger partial charge in [-0.15, -0.1) is 0 Å². The first-order valence-corrected chi connectivity index (χ1v) is 10.8. The highest BCUT2D eigenvalue weighted by molar-refractivity contribution is 5.68. The van der Waals surface area contributed by atoms with E-state index < -0.39 is 0 Å². The number of aryl methyl sites for hydroxylation is 1. The van der Waals surface area contributed by atoms with Gasteiger partial charge in [0.05, 0.1) is 6.04 Å². The molecule has 3 aromatic carbocycles. The summed E-state index contributed by atoms with van der Waals surface area (Å²) in [6.45, 7) is 5.68. The quantitative estimate of drug-likeness (QED) is 0.480. The van der Waals surface area contributed by atoms with Crippen molar-refractivity contribution in [3.63, 3.8) is 0 Å². The topological polar surface area (TPSA) is 3.24 Å². The minimum Gasteiger partial charge on any atom is -0.364 e. The van der Waals surface area contributed by atoms with Crippen LogP contribution in [0.1, 0.15) is 65.5 Å². The first-order valence-electron chi connectivity index (χ1n) is 10.8. The predicted octanol–water partition coefficient (Wildman–Crippen LogP) is 6.78. The van der Waals surface area contributed by atoms with Crippen molar-refractivity contribution in [3.05, 3.63) is 101 Å². The van der Waals surface area contributed by atoms with Crippen LogP contribution < -0.4 is 4.90 Å². The van der Waals surface area contributed by atoms with Crippen molar-refractivity contribution in [3.8, 4) is 0 Å². The molecule has 1 heteroatoms. The maximum Gasteiger partial charge on any atom is 0.0620 e. The zero-order chi connectivity index (χ0) is 19.1. The summed E-state index contributed by atoms with van der Waals surface area (Å²) < 4.78 is 0. The van der Waals surface area contributed by atoms with Crippen LogP contribution in [-0.4, -0.2) is 6.54 Å². The molecule has 0 spiro atoms. The third-order valence-corrected chi connectivity index (χ3v) is 6.73. The lowest BCUT2D eigenvalue weighted by atomic mass is 9.82. The fourth-order valence-corrected chi connectivity index (χ4v) is 5.52. The molecular weight excluding hydrogens is 338 g/mol. The predicted molar refractivity (Wildman–Crippen MR) is 118 cm³/mol. The van der Waals surface area contributed by atoms with Crippen molar-refractivity contribution >= 4 is 5.69 Å². The minimum absolute atomic E-state index is 0.494. The van der Waals surface area contributed by atoms with Gasteiger partial charge in [-0.2, -0.15) is 0 Å². The van der Waals surface area contributed by atoms with E-state index in [9.17, 15) is 0 Å². The van der Waals surface area contributed by atoms with Gasteiger partial charge < -0.3 is 4.90 Å². The molecule has 3 unspecified atom stereocenters. The molecule has 0 fully saturated rings. The molecule has 0 saturated heterocycles. The number of anilines is 1. The number of benzene rings is 3. The molecule has 2 aliphatic rings. The maximum atomic E-state index is 2.72. The highest BCUT2D eigenvalue weighted by Crippen LogP contribution is 2.61. The van der Waals surface area contributed by atoms with Gasteiger partial charge in [0.2, 0.25) is 0 Å². The van der Waals surface area contributed by atoms with E-state index in [0.717, 1.165) is 13.0 Å². The highest BCUT2D eigenvalue weighted by Gasteiger charge is 2.49. The SMILES string of the molecule is CCCCN1c2ccc(C)cc2C2C(Cc3ccccc3)c3ccccc3C21.